The van der Waals surface area contributed by atoms with E-state index in [4.69, 9.17) is 0 Å². The highest BCUT2D eigenvalue weighted by molar-refractivity contribution is 7.19. The van der Waals surface area contributed by atoms with Gasteiger partial charge in [-0.1, -0.05) is 18.2 Å². The van der Waals surface area contributed by atoms with Gasteiger partial charge in [0.05, 0.1) is 0 Å². The number of thiophene rings is 1. The van der Waals surface area contributed by atoms with Crippen molar-refractivity contribution in [3.05, 3.63) is 35.2 Å². The molecule has 1 saturated carbocycles. The van der Waals surface area contributed by atoms with Crippen LogP contribution in [0.1, 0.15) is 36.6 Å². The highest BCUT2D eigenvalue weighted by Gasteiger charge is 2.34. The Labute approximate surface area is 129 Å². The molecule has 2 heterocycles. The molecule has 1 aromatic carbocycles. The van der Waals surface area contributed by atoms with E-state index in [9.17, 15) is 4.79 Å². The van der Waals surface area contributed by atoms with E-state index in [-0.39, 0.29) is 5.92 Å². The Morgan fingerprint density at radius 2 is 2.05 bits per heavy atom. The van der Waals surface area contributed by atoms with Gasteiger partial charge in [0.15, 0.2) is 0 Å². The number of fused-ring (bicyclic) bond motifs is 1. The number of carbonyl (C=O) groups excluding carboxylic acids is 1. The molecular weight excluding hydrogens is 278 g/mol. The zero-order valence-electron chi connectivity index (χ0n) is 12.2. The first-order valence-corrected chi connectivity index (χ1v) is 8.83. The van der Waals surface area contributed by atoms with Crippen molar-refractivity contribution in [1.29, 1.82) is 0 Å². The molecule has 1 aliphatic carbocycles. The first kappa shape index (κ1) is 13.5. The highest BCUT2D eigenvalue weighted by atomic mass is 32.1. The van der Waals surface area contributed by atoms with Gasteiger partial charge in [-0.3, -0.25) is 4.90 Å². The Balaban J connectivity index is 1.62. The number of nitrogens with zero attached hydrogens (tertiary/aromatic N) is 1. The second-order valence-corrected chi connectivity index (χ2v) is 7.69. The number of aldehydes is 1. The van der Waals surface area contributed by atoms with Crippen LogP contribution < -0.4 is 0 Å². The van der Waals surface area contributed by atoms with Crippen LogP contribution in [0.2, 0.25) is 0 Å². The maximum absolute atomic E-state index is 11.2. The van der Waals surface area contributed by atoms with Crippen LogP contribution in [-0.4, -0.2) is 24.3 Å². The van der Waals surface area contributed by atoms with E-state index in [1.54, 1.807) is 0 Å². The standard InChI is InChI=1S/C18H21NOS/c20-12-14-7-8-16(19(11-14)10-13-5-6-13)18-9-15-3-1-2-4-17(15)21-18/h1-4,9,12-14,16H,5-8,10-11H2. The monoisotopic (exact) mass is 299 g/mol. The summed E-state index contributed by atoms with van der Waals surface area (Å²) in [7, 11) is 0. The minimum atomic E-state index is 0.245. The van der Waals surface area contributed by atoms with E-state index < -0.39 is 0 Å². The minimum absolute atomic E-state index is 0.245. The first-order chi connectivity index (χ1) is 10.3. The maximum atomic E-state index is 11.2. The largest absolute Gasteiger partial charge is 0.303 e. The lowest BCUT2D eigenvalue weighted by Gasteiger charge is -2.37. The van der Waals surface area contributed by atoms with Crippen molar-refractivity contribution in [2.24, 2.45) is 11.8 Å². The van der Waals surface area contributed by atoms with Crippen LogP contribution in [0.4, 0.5) is 0 Å². The summed E-state index contributed by atoms with van der Waals surface area (Å²) in [6, 6.07) is 11.5. The predicted molar refractivity (Wildman–Crippen MR) is 87.7 cm³/mol. The molecule has 1 saturated heterocycles. The second kappa shape index (κ2) is 5.54. The summed E-state index contributed by atoms with van der Waals surface area (Å²) in [5, 5.41) is 1.36. The molecule has 0 N–H and O–H groups in total. The Bertz CT molecular complexity index is 612. The van der Waals surface area contributed by atoms with Gasteiger partial charge in [0.2, 0.25) is 0 Å². The predicted octanol–water partition coefficient (Wildman–Crippen LogP) is 4.26. The number of rotatable bonds is 4. The third kappa shape index (κ3) is 2.77. The number of likely N-dealkylation sites (tertiary alicyclic amines) is 1. The van der Waals surface area contributed by atoms with Gasteiger partial charge in [-0.25, -0.2) is 0 Å². The van der Waals surface area contributed by atoms with Crippen LogP contribution >= 0.6 is 11.3 Å². The van der Waals surface area contributed by atoms with Crippen molar-refractivity contribution in [1.82, 2.24) is 4.90 Å². The summed E-state index contributed by atoms with van der Waals surface area (Å²) < 4.78 is 1.39. The molecule has 2 fully saturated rings. The van der Waals surface area contributed by atoms with Gasteiger partial charge in [0.25, 0.3) is 0 Å². The van der Waals surface area contributed by atoms with Crippen molar-refractivity contribution in [3.8, 4) is 0 Å². The van der Waals surface area contributed by atoms with Gasteiger partial charge in [-0.2, -0.15) is 0 Å². The molecule has 0 amide bonds. The van der Waals surface area contributed by atoms with Gasteiger partial charge >= 0.3 is 0 Å². The fraction of sp³-hybridized carbons (Fsp3) is 0.500. The lowest BCUT2D eigenvalue weighted by molar-refractivity contribution is -0.113. The smallest absolute Gasteiger partial charge is 0.124 e. The summed E-state index contributed by atoms with van der Waals surface area (Å²) in [5.74, 6) is 1.13. The fourth-order valence-corrected chi connectivity index (χ4v) is 4.74. The van der Waals surface area contributed by atoms with Crippen molar-refractivity contribution in [2.45, 2.75) is 31.7 Å². The lowest BCUT2D eigenvalue weighted by atomic mass is 9.92. The lowest BCUT2D eigenvalue weighted by Crippen LogP contribution is -2.39. The first-order valence-electron chi connectivity index (χ1n) is 8.01. The van der Waals surface area contributed by atoms with E-state index in [0.29, 0.717) is 6.04 Å². The van der Waals surface area contributed by atoms with Crippen molar-refractivity contribution < 1.29 is 4.79 Å². The third-order valence-corrected chi connectivity index (χ3v) is 6.09. The molecule has 21 heavy (non-hydrogen) atoms. The molecule has 1 aromatic heterocycles. The molecule has 2 unspecified atom stereocenters. The van der Waals surface area contributed by atoms with Crippen LogP contribution in [0, 0.1) is 11.8 Å². The van der Waals surface area contributed by atoms with Crippen molar-refractivity contribution in [3.63, 3.8) is 0 Å². The molecular formula is C18H21NOS. The second-order valence-electron chi connectivity index (χ2n) is 6.57. The molecule has 110 valence electrons. The molecule has 2 aromatic rings. The van der Waals surface area contributed by atoms with Gasteiger partial charge in [-0.15, -0.1) is 11.3 Å². The summed E-state index contributed by atoms with van der Waals surface area (Å²) in [4.78, 5) is 15.2. The van der Waals surface area contributed by atoms with Crippen molar-refractivity contribution in [2.75, 3.05) is 13.1 Å². The maximum Gasteiger partial charge on any atom is 0.124 e. The van der Waals surface area contributed by atoms with E-state index >= 15 is 0 Å². The topological polar surface area (TPSA) is 20.3 Å². The molecule has 0 radical (unpaired) electrons. The molecule has 2 nitrogen and oxygen atoms in total. The van der Waals surface area contributed by atoms with E-state index in [1.807, 2.05) is 11.3 Å². The van der Waals surface area contributed by atoms with Gasteiger partial charge in [0, 0.05) is 34.6 Å². The van der Waals surface area contributed by atoms with Crippen LogP contribution in [0.25, 0.3) is 10.1 Å². The van der Waals surface area contributed by atoms with Crippen LogP contribution in [0.3, 0.4) is 0 Å². The fourth-order valence-electron chi connectivity index (χ4n) is 3.51. The molecule has 3 heteroatoms. The van der Waals surface area contributed by atoms with E-state index in [2.05, 4.69) is 35.2 Å². The molecule has 1 aliphatic heterocycles. The van der Waals surface area contributed by atoms with E-state index in [0.717, 1.165) is 25.3 Å². The molecule has 0 spiro atoms. The van der Waals surface area contributed by atoms with Gasteiger partial charge < -0.3 is 4.79 Å². The normalized spacial score (nSPS) is 27.0. The molecule has 2 aliphatic rings. The van der Waals surface area contributed by atoms with Crippen LogP contribution in [-0.2, 0) is 4.79 Å². The third-order valence-electron chi connectivity index (χ3n) is 4.88. The summed E-state index contributed by atoms with van der Waals surface area (Å²) in [6.45, 7) is 2.14. The Morgan fingerprint density at radius 1 is 1.19 bits per heavy atom. The van der Waals surface area contributed by atoms with Gasteiger partial charge in [-0.05, 0) is 49.1 Å². The number of hydrogen-bond acceptors (Lipinski definition) is 3. The van der Waals surface area contributed by atoms with Crippen LogP contribution in [0.15, 0.2) is 30.3 Å². The SMILES string of the molecule is O=CC1CCC(c2cc3ccccc3s2)N(CC2CC2)C1. The zero-order valence-corrected chi connectivity index (χ0v) is 13.0. The number of benzene rings is 1. The minimum Gasteiger partial charge on any atom is -0.303 e. The average Bonchev–Trinajstić information content (AvgIpc) is 3.22. The summed E-state index contributed by atoms with van der Waals surface area (Å²) in [5.41, 5.74) is 0. The zero-order chi connectivity index (χ0) is 14.2. The van der Waals surface area contributed by atoms with Crippen molar-refractivity contribution >= 4 is 27.7 Å². The van der Waals surface area contributed by atoms with Gasteiger partial charge in [0.1, 0.15) is 6.29 Å². The summed E-state index contributed by atoms with van der Waals surface area (Å²) in [6.07, 6.45) is 6.09. The number of carbonyl (C=O) groups is 1. The average molecular weight is 299 g/mol. The quantitative estimate of drug-likeness (QED) is 0.786. The Morgan fingerprint density at radius 3 is 2.81 bits per heavy atom. The highest BCUT2D eigenvalue weighted by Crippen LogP contribution is 2.41. The van der Waals surface area contributed by atoms with Crippen LogP contribution in [0.5, 0.6) is 0 Å². The van der Waals surface area contributed by atoms with E-state index in [1.165, 1.54) is 40.6 Å². The number of piperidine rings is 1. The molecule has 2 atom stereocenters. The Kier molecular flexibility index (Phi) is 3.56. The molecule has 0 bridgehead atoms. The summed E-state index contributed by atoms with van der Waals surface area (Å²) >= 11 is 1.93. The Hall–Kier alpha value is -1.19. The number of hydrogen-bond donors (Lipinski definition) is 0. The molecule has 4 rings (SSSR count).